The van der Waals surface area contributed by atoms with E-state index in [1.54, 1.807) is 0 Å². The highest BCUT2D eigenvalue weighted by atomic mass is 16.6. The van der Waals surface area contributed by atoms with Crippen molar-refractivity contribution in [2.24, 2.45) is 5.41 Å². The monoisotopic (exact) mass is 386 g/mol. The highest BCUT2D eigenvalue weighted by Crippen LogP contribution is 2.28. The van der Waals surface area contributed by atoms with Gasteiger partial charge in [-0.15, -0.1) is 0 Å². The zero-order chi connectivity index (χ0) is 19.5. The van der Waals surface area contributed by atoms with Crippen LogP contribution in [-0.4, -0.2) is 124 Å². The largest absolute Gasteiger partial charge is 0.394 e. The SMILES string of the molecule is OCCOCC(OCCO)C(COCCO)(COCCO)COCCO. The molecule has 0 saturated heterocycles. The standard InChI is InChI=1S/C16H34O10/c17-1-6-22-11-15(26-10-5-21)16(12-23-7-2-18,13-24-8-3-19)14-25-9-4-20/h15,17-21H,1-14H2. The van der Waals surface area contributed by atoms with Crippen molar-refractivity contribution in [3.63, 3.8) is 0 Å². The number of hydrogen-bond acceptors (Lipinski definition) is 10. The quantitative estimate of drug-likeness (QED) is 0.141. The molecule has 1 unspecified atom stereocenters. The van der Waals surface area contributed by atoms with E-state index in [1.807, 2.05) is 0 Å². The van der Waals surface area contributed by atoms with Crippen molar-refractivity contribution >= 4 is 0 Å². The molecule has 0 aromatic rings. The summed E-state index contributed by atoms with van der Waals surface area (Å²) in [5.41, 5.74) is -0.871. The van der Waals surface area contributed by atoms with Gasteiger partial charge in [-0.3, -0.25) is 0 Å². The molecule has 158 valence electrons. The summed E-state index contributed by atoms with van der Waals surface area (Å²) in [6, 6.07) is 0. The van der Waals surface area contributed by atoms with E-state index in [9.17, 15) is 0 Å². The Morgan fingerprint density at radius 3 is 1.31 bits per heavy atom. The number of hydrogen-bond donors (Lipinski definition) is 5. The predicted molar refractivity (Wildman–Crippen MR) is 90.9 cm³/mol. The van der Waals surface area contributed by atoms with Gasteiger partial charge in [-0.25, -0.2) is 0 Å². The fraction of sp³-hybridized carbons (Fsp3) is 1.00. The highest BCUT2D eigenvalue weighted by molar-refractivity contribution is 4.88. The van der Waals surface area contributed by atoms with Crippen LogP contribution in [0.1, 0.15) is 0 Å². The van der Waals surface area contributed by atoms with Crippen molar-refractivity contribution in [1.29, 1.82) is 0 Å². The van der Waals surface area contributed by atoms with Gasteiger partial charge in [-0.1, -0.05) is 0 Å². The first kappa shape index (κ1) is 25.6. The second kappa shape index (κ2) is 18.0. The summed E-state index contributed by atoms with van der Waals surface area (Å²) in [7, 11) is 0. The first-order chi connectivity index (χ1) is 12.7. The van der Waals surface area contributed by atoms with Gasteiger partial charge >= 0.3 is 0 Å². The number of aliphatic hydroxyl groups excluding tert-OH is 5. The molecule has 0 rings (SSSR count). The zero-order valence-corrected chi connectivity index (χ0v) is 15.3. The summed E-state index contributed by atoms with van der Waals surface area (Å²) in [6.07, 6.45) is -0.614. The Bertz CT molecular complexity index is 266. The molecule has 5 N–H and O–H groups in total. The summed E-state index contributed by atoms with van der Waals surface area (Å²) in [6.45, 7) is 0.0436. The van der Waals surface area contributed by atoms with Gasteiger partial charge in [0.25, 0.3) is 0 Å². The third-order valence-electron chi connectivity index (χ3n) is 3.47. The van der Waals surface area contributed by atoms with E-state index in [2.05, 4.69) is 0 Å². The number of rotatable bonds is 20. The Morgan fingerprint density at radius 1 is 0.538 bits per heavy atom. The van der Waals surface area contributed by atoms with Crippen LogP contribution in [-0.2, 0) is 23.7 Å². The van der Waals surface area contributed by atoms with Crippen molar-refractivity contribution in [1.82, 2.24) is 0 Å². The Hall–Kier alpha value is -0.400. The van der Waals surface area contributed by atoms with Gasteiger partial charge in [0.05, 0.1) is 104 Å². The second-order valence-electron chi connectivity index (χ2n) is 5.57. The molecule has 0 aromatic carbocycles. The summed E-state index contributed by atoms with van der Waals surface area (Å²) < 4.78 is 27.6. The molecule has 1 atom stereocenters. The van der Waals surface area contributed by atoms with Crippen LogP contribution >= 0.6 is 0 Å². The van der Waals surface area contributed by atoms with Crippen LogP contribution in [0, 0.1) is 5.41 Å². The van der Waals surface area contributed by atoms with Gasteiger partial charge in [-0.05, 0) is 0 Å². The molecule has 0 radical (unpaired) electrons. The van der Waals surface area contributed by atoms with E-state index >= 15 is 0 Å². The highest BCUT2D eigenvalue weighted by Gasteiger charge is 2.41. The third-order valence-corrected chi connectivity index (χ3v) is 3.47. The van der Waals surface area contributed by atoms with Crippen LogP contribution in [0.3, 0.4) is 0 Å². The van der Waals surface area contributed by atoms with Crippen molar-refractivity contribution < 1.29 is 49.2 Å². The maximum atomic E-state index is 9.10. The maximum absolute atomic E-state index is 9.10. The van der Waals surface area contributed by atoms with Gasteiger partial charge in [0.1, 0.15) is 0 Å². The van der Waals surface area contributed by atoms with Crippen molar-refractivity contribution in [3.05, 3.63) is 0 Å². The predicted octanol–water partition coefficient (Wildman–Crippen LogP) is -2.61. The van der Waals surface area contributed by atoms with Gasteiger partial charge in [-0.2, -0.15) is 0 Å². The van der Waals surface area contributed by atoms with Gasteiger partial charge < -0.3 is 49.2 Å². The zero-order valence-electron chi connectivity index (χ0n) is 15.3. The van der Waals surface area contributed by atoms with Crippen molar-refractivity contribution in [2.75, 3.05) is 92.5 Å². The first-order valence-electron chi connectivity index (χ1n) is 8.67. The Kier molecular flexibility index (Phi) is 17.7. The first-order valence-corrected chi connectivity index (χ1v) is 8.67. The lowest BCUT2D eigenvalue weighted by Gasteiger charge is -2.39. The molecule has 0 amide bonds. The maximum Gasteiger partial charge on any atom is 0.0932 e. The molecule has 0 spiro atoms. The van der Waals surface area contributed by atoms with Crippen LogP contribution in [0.25, 0.3) is 0 Å². The van der Waals surface area contributed by atoms with E-state index in [0.717, 1.165) is 0 Å². The second-order valence-corrected chi connectivity index (χ2v) is 5.57. The fourth-order valence-electron chi connectivity index (χ4n) is 2.28. The normalized spacial score (nSPS) is 13.3. The topological polar surface area (TPSA) is 147 Å². The van der Waals surface area contributed by atoms with Crippen LogP contribution in [0.4, 0.5) is 0 Å². The van der Waals surface area contributed by atoms with E-state index < -0.39 is 11.5 Å². The summed E-state index contributed by atoms with van der Waals surface area (Å²) in [5, 5.41) is 44.9. The molecule has 0 fully saturated rings. The van der Waals surface area contributed by atoms with Gasteiger partial charge in [0.15, 0.2) is 0 Å². The van der Waals surface area contributed by atoms with E-state index in [4.69, 9.17) is 49.2 Å². The molecule has 0 saturated carbocycles. The van der Waals surface area contributed by atoms with E-state index in [0.29, 0.717) is 0 Å². The molecule has 0 heterocycles. The average Bonchev–Trinajstić information content (AvgIpc) is 2.65. The minimum absolute atomic E-state index is 0.0505. The summed E-state index contributed by atoms with van der Waals surface area (Å²) >= 11 is 0. The Labute approximate surface area is 154 Å². The molecule has 0 aliphatic rings. The number of ether oxygens (including phenoxy) is 5. The van der Waals surface area contributed by atoms with E-state index in [1.165, 1.54) is 0 Å². The van der Waals surface area contributed by atoms with Crippen molar-refractivity contribution in [3.8, 4) is 0 Å². The third kappa shape index (κ3) is 11.3. The molecule has 10 nitrogen and oxygen atoms in total. The van der Waals surface area contributed by atoms with Gasteiger partial charge in [0, 0.05) is 0 Å². The van der Waals surface area contributed by atoms with Crippen LogP contribution in [0.5, 0.6) is 0 Å². The molecule has 26 heavy (non-hydrogen) atoms. The Balaban J connectivity index is 5.27. The lowest BCUT2D eigenvalue weighted by molar-refractivity contribution is -0.171. The fourth-order valence-corrected chi connectivity index (χ4v) is 2.28. The lowest BCUT2D eigenvalue weighted by Crippen LogP contribution is -2.51. The molecule has 0 aromatic heterocycles. The summed E-state index contributed by atoms with van der Waals surface area (Å²) in [5.74, 6) is 0. The molecule has 0 bridgehead atoms. The van der Waals surface area contributed by atoms with Crippen LogP contribution < -0.4 is 0 Å². The molecular formula is C16H34O10. The van der Waals surface area contributed by atoms with Gasteiger partial charge in [0.2, 0.25) is 0 Å². The summed E-state index contributed by atoms with van der Waals surface area (Å²) in [4.78, 5) is 0. The minimum atomic E-state index is -0.871. The molecule has 0 aliphatic heterocycles. The van der Waals surface area contributed by atoms with E-state index in [-0.39, 0.29) is 92.5 Å². The van der Waals surface area contributed by atoms with Crippen LogP contribution in [0.2, 0.25) is 0 Å². The average molecular weight is 386 g/mol. The number of aliphatic hydroxyl groups is 5. The Morgan fingerprint density at radius 2 is 0.923 bits per heavy atom. The molecule has 10 heteroatoms. The van der Waals surface area contributed by atoms with Crippen LogP contribution in [0.15, 0.2) is 0 Å². The lowest BCUT2D eigenvalue weighted by atomic mass is 9.84. The minimum Gasteiger partial charge on any atom is -0.394 e. The van der Waals surface area contributed by atoms with Crippen molar-refractivity contribution in [2.45, 2.75) is 6.10 Å². The molecule has 0 aliphatic carbocycles. The molecular weight excluding hydrogens is 352 g/mol. The smallest absolute Gasteiger partial charge is 0.0932 e.